The smallest absolute Gasteiger partial charge is 0.338 e. The Bertz CT molecular complexity index is 810. The van der Waals surface area contributed by atoms with Crippen LogP contribution in [-0.2, 0) is 16.0 Å². The Hall–Kier alpha value is -2.54. The Morgan fingerprint density at radius 2 is 1.90 bits per heavy atom. The fourth-order valence-corrected chi connectivity index (χ4v) is 3.17. The third-order valence-corrected chi connectivity index (χ3v) is 4.65. The van der Waals surface area contributed by atoms with E-state index < -0.39 is 5.97 Å². The maximum Gasteiger partial charge on any atom is 0.338 e. The van der Waals surface area contributed by atoms with Crippen molar-refractivity contribution in [3.05, 3.63) is 58.1 Å². The molecule has 0 heterocycles. The van der Waals surface area contributed by atoms with Crippen molar-refractivity contribution in [1.82, 2.24) is 5.32 Å². The first-order chi connectivity index (χ1) is 14.0. The topological polar surface area (TPSA) is 73.9 Å². The molecule has 0 bridgehead atoms. The zero-order valence-electron chi connectivity index (χ0n) is 16.7. The van der Waals surface area contributed by atoms with Crippen LogP contribution in [0.3, 0.4) is 0 Å². The van der Waals surface area contributed by atoms with Gasteiger partial charge in [0.1, 0.15) is 0 Å². The van der Waals surface area contributed by atoms with Gasteiger partial charge in [0, 0.05) is 6.54 Å². The lowest BCUT2D eigenvalue weighted by atomic mass is 10.1. The molecule has 2 aromatic rings. The first-order valence-corrected chi connectivity index (χ1v) is 10.3. The molecule has 2 rings (SSSR count). The van der Waals surface area contributed by atoms with Crippen LogP contribution in [-0.4, -0.2) is 38.7 Å². The fourth-order valence-electron chi connectivity index (χ4n) is 2.61. The van der Waals surface area contributed by atoms with Crippen molar-refractivity contribution in [3.8, 4) is 11.5 Å². The van der Waals surface area contributed by atoms with Crippen molar-refractivity contribution in [2.75, 3.05) is 26.9 Å². The highest BCUT2D eigenvalue weighted by molar-refractivity contribution is 9.10. The molecule has 0 unspecified atom stereocenters. The number of carbonyl (C=O) groups is 2. The average Bonchev–Trinajstić information content (AvgIpc) is 2.74. The summed E-state index contributed by atoms with van der Waals surface area (Å²) < 4.78 is 16.6. The van der Waals surface area contributed by atoms with E-state index in [0.29, 0.717) is 29.1 Å². The number of benzene rings is 2. The van der Waals surface area contributed by atoms with Crippen LogP contribution in [0.5, 0.6) is 11.5 Å². The molecule has 156 valence electrons. The van der Waals surface area contributed by atoms with Crippen LogP contribution in [0.25, 0.3) is 0 Å². The van der Waals surface area contributed by atoms with Crippen molar-refractivity contribution in [1.29, 1.82) is 0 Å². The number of nitrogens with one attached hydrogen (secondary N) is 1. The highest BCUT2D eigenvalue weighted by atomic mass is 79.9. The summed E-state index contributed by atoms with van der Waals surface area (Å²) >= 11 is 3.39. The van der Waals surface area contributed by atoms with Gasteiger partial charge in [-0.05, 0) is 52.9 Å². The van der Waals surface area contributed by atoms with Crippen LogP contribution in [0, 0.1) is 0 Å². The summed E-state index contributed by atoms with van der Waals surface area (Å²) in [7, 11) is 1.50. The Labute approximate surface area is 179 Å². The van der Waals surface area contributed by atoms with E-state index in [9.17, 15) is 9.59 Å². The quantitative estimate of drug-likeness (QED) is 0.400. The van der Waals surface area contributed by atoms with Gasteiger partial charge in [-0.2, -0.15) is 0 Å². The van der Waals surface area contributed by atoms with E-state index in [1.807, 2.05) is 25.1 Å². The van der Waals surface area contributed by atoms with Gasteiger partial charge in [0.05, 0.1) is 23.8 Å². The number of hydrogen-bond donors (Lipinski definition) is 1. The van der Waals surface area contributed by atoms with Crippen LogP contribution >= 0.6 is 15.9 Å². The molecular weight excluding hydrogens is 438 g/mol. The third kappa shape index (κ3) is 7.42. The van der Waals surface area contributed by atoms with Crippen LogP contribution in [0.15, 0.2) is 46.9 Å². The van der Waals surface area contributed by atoms with Gasteiger partial charge in [0.2, 0.25) is 0 Å². The van der Waals surface area contributed by atoms with E-state index in [1.54, 1.807) is 6.07 Å². The van der Waals surface area contributed by atoms with E-state index in [0.717, 1.165) is 19.3 Å². The number of methoxy groups -OCH3 is 1. The minimum absolute atomic E-state index is 0.273. The van der Waals surface area contributed by atoms with Crippen LogP contribution in [0.1, 0.15) is 35.7 Å². The third-order valence-electron chi connectivity index (χ3n) is 4.06. The van der Waals surface area contributed by atoms with Crippen molar-refractivity contribution in [2.45, 2.75) is 26.2 Å². The Morgan fingerprint density at radius 1 is 1.14 bits per heavy atom. The van der Waals surface area contributed by atoms with E-state index in [-0.39, 0.29) is 18.1 Å². The molecule has 6 nitrogen and oxygen atoms in total. The van der Waals surface area contributed by atoms with Crippen molar-refractivity contribution >= 4 is 27.8 Å². The molecule has 0 radical (unpaired) electrons. The van der Waals surface area contributed by atoms with E-state index in [4.69, 9.17) is 14.2 Å². The van der Waals surface area contributed by atoms with Gasteiger partial charge in [-0.3, -0.25) is 4.79 Å². The first-order valence-electron chi connectivity index (χ1n) is 9.53. The van der Waals surface area contributed by atoms with Gasteiger partial charge < -0.3 is 19.5 Å². The molecule has 0 aliphatic carbocycles. The average molecular weight is 464 g/mol. The molecule has 1 N–H and O–H groups in total. The normalized spacial score (nSPS) is 10.3. The lowest BCUT2D eigenvalue weighted by molar-refractivity contribution is -0.124. The highest BCUT2D eigenvalue weighted by Gasteiger charge is 2.17. The summed E-state index contributed by atoms with van der Waals surface area (Å²) in [6, 6.07) is 13.2. The van der Waals surface area contributed by atoms with Gasteiger partial charge in [-0.25, -0.2) is 4.79 Å². The molecule has 0 aliphatic heterocycles. The van der Waals surface area contributed by atoms with E-state index >= 15 is 0 Å². The molecule has 7 heteroatoms. The largest absolute Gasteiger partial charge is 0.493 e. The zero-order chi connectivity index (χ0) is 21.1. The number of aryl methyl sites for hydroxylation is 1. The number of ether oxygens (including phenoxy) is 3. The maximum atomic E-state index is 12.3. The second kappa shape index (κ2) is 12.1. The predicted molar refractivity (Wildman–Crippen MR) is 115 cm³/mol. The lowest BCUT2D eigenvalue weighted by Crippen LogP contribution is -2.29. The standard InChI is InChI=1S/C22H26BrNO5/c1-3-12-28-21-18(23)13-17(14-19(21)27-2)22(26)29-15-20(25)24-11-7-10-16-8-5-4-6-9-16/h4-6,8-9,13-14H,3,7,10-12,15H2,1-2H3,(H,24,25). The molecule has 29 heavy (non-hydrogen) atoms. The molecule has 0 fully saturated rings. The van der Waals surface area contributed by atoms with E-state index in [1.165, 1.54) is 18.7 Å². The Kier molecular flexibility index (Phi) is 9.50. The Morgan fingerprint density at radius 3 is 2.59 bits per heavy atom. The van der Waals surface area contributed by atoms with Crippen molar-refractivity contribution in [2.24, 2.45) is 0 Å². The summed E-state index contributed by atoms with van der Waals surface area (Å²) in [4.78, 5) is 24.2. The minimum atomic E-state index is -0.606. The molecular formula is C22H26BrNO5. The number of carbonyl (C=O) groups excluding carboxylic acids is 2. The van der Waals surface area contributed by atoms with Crippen LogP contribution < -0.4 is 14.8 Å². The molecule has 0 saturated heterocycles. The summed E-state index contributed by atoms with van der Waals surface area (Å²) in [6.07, 6.45) is 2.54. The van der Waals surface area contributed by atoms with Crippen LogP contribution in [0.2, 0.25) is 0 Å². The maximum absolute atomic E-state index is 12.3. The molecule has 0 spiro atoms. The summed E-state index contributed by atoms with van der Waals surface area (Å²) in [5, 5.41) is 2.76. The second-order valence-corrected chi connectivity index (χ2v) is 7.21. The molecule has 1 amide bonds. The number of amides is 1. The Balaban J connectivity index is 1.80. The molecule has 2 aromatic carbocycles. The number of halogens is 1. The van der Waals surface area contributed by atoms with Gasteiger partial charge in [-0.15, -0.1) is 0 Å². The van der Waals surface area contributed by atoms with Crippen LogP contribution in [0.4, 0.5) is 0 Å². The van der Waals surface area contributed by atoms with E-state index in [2.05, 4.69) is 33.4 Å². The molecule has 0 atom stereocenters. The van der Waals surface area contributed by atoms with Crippen molar-refractivity contribution in [3.63, 3.8) is 0 Å². The highest BCUT2D eigenvalue weighted by Crippen LogP contribution is 2.37. The molecule has 0 aliphatic rings. The van der Waals surface area contributed by atoms with Gasteiger partial charge in [0.15, 0.2) is 18.1 Å². The molecule has 0 saturated carbocycles. The zero-order valence-corrected chi connectivity index (χ0v) is 18.3. The number of esters is 1. The number of rotatable bonds is 11. The monoisotopic (exact) mass is 463 g/mol. The SMILES string of the molecule is CCCOc1c(Br)cc(C(=O)OCC(=O)NCCCc2ccccc2)cc1OC. The fraction of sp³-hybridized carbons (Fsp3) is 0.364. The lowest BCUT2D eigenvalue weighted by Gasteiger charge is -2.13. The number of hydrogen-bond acceptors (Lipinski definition) is 5. The minimum Gasteiger partial charge on any atom is -0.493 e. The second-order valence-electron chi connectivity index (χ2n) is 6.35. The summed E-state index contributed by atoms with van der Waals surface area (Å²) in [5.74, 6) is 0.0121. The van der Waals surface area contributed by atoms with Gasteiger partial charge >= 0.3 is 5.97 Å². The van der Waals surface area contributed by atoms with Crippen molar-refractivity contribution < 1.29 is 23.8 Å². The summed E-state index contributed by atoms with van der Waals surface area (Å²) in [5.41, 5.74) is 1.49. The summed E-state index contributed by atoms with van der Waals surface area (Å²) in [6.45, 7) is 2.72. The van der Waals surface area contributed by atoms with Gasteiger partial charge in [-0.1, -0.05) is 37.3 Å². The van der Waals surface area contributed by atoms with Gasteiger partial charge in [0.25, 0.3) is 5.91 Å². The first kappa shape index (κ1) is 22.7. The molecule has 0 aromatic heterocycles. The predicted octanol–water partition coefficient (Wildman–Crippen LogP) is 4.15.